The number of fused-ring (bicyclic) bond motifs is 1. The molecular formula is C15H9F2NO. The maximum Gasteiger partial charge on any atom is 0.220 e. The van der Waals surface area contributed by atoms with Gasteiger partial charge >= 0.3 is 0 Å². The fraction of sp³-hybridized carbons (Fsp3) is 0. The third-order valence-corrected chi connectivity index (χ3v) is 2.67. The first-order chi connectivity index (χ1) is 9.22. The summed E-state index contributed by atoms with van der Waals surface area (Å²) in [5.41, 5.74) is 1.99. The number of para-hydroxylation sites is 2. The summed E-state index contributed by atoms with van der Waals surface area (Å²) in [6.45, 7) is 0. The van der Waals surface area contributed by atoms with E-state index in [1.807, 2.05) is 24.3 Å². The van der Waals surface area contributed by atoms with Crippen molar-refractivity contribution >= 4 is 23.3 Å². The average Bonchev–Trinajstić information content (AvgIpc) is 2.83. The van der Waals surface area contributed by atoms with Gasteiger partial charge in [-0.2, -0.15) is 0 Å². The Balaban J connectivity index is 1.91. The molecule has 0 spiro atoms. The van der Waals surface area contributed by atoms with Gasteiger partial charge in [0, 0.05) is 6.08 Å². The van der Waals surface area contributed by atoms with Crippen LogP contribution in [0.25, 0.3) is 23.3 Å². The molecule has 0 N–H and O–H groups in total. The van der Waals surface area contributed by atoms with Crippen LogP contribution in [0.15, 0.2) is 46.9 Å². The molecule has 0 amide bonds. The van der Waals surface area contributed by atoms with E-state index in [0.29, 0.717) is 17.0 Å². The zero-order valence-corrected chi connectivity index (χ0v) is 9.81. The molecule has 0 aliphatic heterocycles. The Labute approximate surface area is 108 Å². The minimum Gasteiger partial charge on any atom is -0.437 e. The van der Waals surface area contributed by atoms with Crippen LogP contribution in [-0.2, 0) is 0 Å². The minimum absolute atomic E-state index is 0.422. The van der Waals surface area contributed by atoms with Gasteiger partial charge in [-0.05, 0) is 35.9 Å². The van der Waals surface area contributed by atoms with Crippen molar-refractivity contribution in [3.05, 3.63) is 65.6 Å². The lowest BCUT2D eigenvalue weighted by Gasteiger charge is -1.94. The summed E-state index contributed by atoms with van der Waals surface area (Å²) in [4.78, 5) is 4.25. The zero-order valence-electron chi connectivity index (χ0n) is 9.81. The van der Waals surface area contributed by atoms with Gasteiger partial charge in [0.05, 0.1) is 0 Å². The molecule has 94 valence electrons. The smallest absolute Gasteiger partial charge is 0.220 e. The second-order valence-corrected chi connectivity index (χ2v) is 4.03. The van der Waals surface area contributed by atoms with E-state index in [1.54, 1.807) is 12.2 Å². The molecule has 2 nitrogen and oxygen atoms in total. The van der Waals surface area contributed by atoms with Gasteiger partial charge in [0.15, 0.2) is 17.2 Å². The maximum atomic E-state index is 13.0. The second kappa shape index (κ2) is 4.65. The Morgan fingerprint density at radius 2 is 1.79 bits per heavy atom. The first-order valence-electron chi connectivity index (χ1n) is 5.71. The molecule has 2 aromatic carbocycles. The van der Waals surface area contributed by atoms with E-state index in [9.17, 15) is 8.78 Å². The molecular weight excluding hydrogens is 248 g/mol. The van der Waals surface area contributed by atoms with Gasteiger partial charge in [-0.1, -0.05) is 18.2 Å². The number of benzene rings is 2. The first kappa shape index (κ1) is 11.6. The molecule has 0 saturated heterocycles. The summed E-state index contributed by atoms with van der Waals surface area (Å²) in [6.07, 6.45) is 3.24. The Kier molecular flexibility index (Phi) is 2.83. The summed E-state index contributed by atoms with van der Waals surface area (Å²) in [5.74, 6) is -1.32. The van der Waals surface area contributed by atoms with Crippen LogP contribution >= 0.6 is 0 Å². The lowest BCUT2D eigenvalue weighted by molar-refractivity contribution is 0.508. The molecule has 0 bridgehead atoms. The summed E-state index contributed by atoms with van der Waals surface area (Å²) in [7, 11) is 0. The van der Waals surface area contributed by atoms with Crippen LogP contribution in [0, 0.1) is 11.6 Å². The number of aromatic nitrogens is 1. The van der Waals surface area contributed by atoms with E-state index < -0.39 is 11.6 Å². The Morgan fingerprint density at radius 1 is 0.947 bits per heavy atom. The number of rotatable bonds is 2. The Hall–Kier alpha value is -2.49. The number of halogens is 2. The summed E-state index contributed by atoms with van der Waals surface area (Å²) in [5, 5.41) is 0. The van der Waals surface area contributed by atoms with Gasteiger partial charge in [0.2, 0.25) is 5.89 Å². The molecule has 1 aromatic heterocycles. The quantitative estimate of drug-likeness (QED) is 0.685. The van der Waals surface area contributed by atoms with Crippen molar-refractivity contribution in [3.8, 4) is 0 Å². The van der Waals surface area contributed by atoms with E-state index in [2.05, 4.69) is 4.98 Å². The Bertz CT molecular complexity index is 729. The molecule has 1 heterocycles. The largest absolute Gasteiger partial charge is 0.437 e. The van der Waals surface area contributed by atoms with Gasteiger partial charge in [0.25, 0.3) is 0 Å². The average molecular weight is 257 g/mol. The predicted molar refractivity (Wildman–Crippen MR) is 69.3 cm³/mol. The predicted octanol–water partition coefficient (Wildman–Crippen LogP) is 4.28. The van der Waals surface area contributed by atoms with Crippen LogP contribution in [0.3, 0.4) is 0 Å². The highest BCUT2D eigenvalue weighted by molar-refractivity contribution is 5.75. The van der Waals surface area contributed by atoms with E-state index in [4.69, 9.17) is 4.42 Å². The van der Waals surface area contributed by atoms with Gasteiger partial charge in [-0.3, -0.25) is 0 Å². The number of oxazole rings is 1. The topological polar surface area (TPSA) is 26.0 Å². The highest BCUT2D eigenvalue weighted by atomic mass is 19.2. The summed E-state index contributed by atoms with van der Waals surface area (Å²) >= 11 is 0. The normalized spacial score (nSPS) is 11.5. The SMILES string of the molecule is Fc1ccc(/C=C/c2nc3ccccc3o2)cc1F. The third kappa shape index (κ3) is 2.38. The van der Waals surface area contributed by atoms with E-state index in [0.717, 1.165) is 17.6 Å². The fourth-order valence-corrected chi connectivity index (χ4v) is 1.74. The van der Waals surface area contributed by atoms with E-state index >= 15 is 0 Å². The summed E-state index contributed by atoms with van der Waals surface area (Å²) < 4.78 is 31.3. The zero-order chi connectivity index (χ0) is 13.2. The lowest BCUT2D eigenvalue weighted by atomic mass is 10.2. The van der Waals surface area contributed by atoms with Crippen LogP contribution in [0.1, 0.15) is 11.5 Å². The molecule has 0 aliphatic carbocycles. The lowest BCUT2D eigenvalue weighted by Crippen LogP contribution is -1.83. The number of hydrogen-bond donors (Lipinski definition) is 0. The molecule has 0 saturated carbocycles. The van der Waals surface area contributed by atoms with Crippen LogP contribution in [0.2, 0.25) is 0 Å². The molecule has 3 rings (SSSR count). The standard InChI is InChI=1S/C15H9F2NO/c16-11-7-5-10(9-12(11)17)6-8-15-18-13-3-1-2-4-14(13)19-15/h1-9H/b8-6+. The molecule has 0 radical (unpaired) electrons. The van der Waals surface area contributed by atoms with Crippen molar-refractivity contribution in [1.82, 2.24) is 4.98 Å². The van der Waals surface area contributed by atoms with Crippen molar-refractivity contribution < 1.29 is 13.2 Å². The van der Waals surface area contributed by atoms with E-state index in [1.165, 1.54) is 6.07 Å². The number of hydrogen-bond acceptors (Lipinski definition) is 2. The summed E-state index contributed by atoms with van der Waals surface area (Å²) in [6, 6.07) is 11.1. The molecule has 0 atom stereocenters. The molecule has 4 heteroatoms. The van der Waals surface area contributed by atoms with Crippen molar-refractivity contribution in [2.75, 3.05) is 0 Å². The minimum atomic E-state index is -0.875. The Morgan fingerprint density at radius 3 is 2.58 bits per heavy atom. The van der Waals surface area contributed by atoms with Gasteiger partial charge in [0.1, 0.15) is 5.52 Å². The molecule has 19 heavy (non-hydrogen) atoms. The monoisotopic (exact) mass is 257 g/mol. The van der Waals surface area contributed by atoms with Crippen molar-refractivity contribution in [3.63, 3.8) is 0 Å². The van der Waals surface area contributed by atoms with Gasteiger partial charge in [-0.15, -0.1) is 0 Å². The first-order valence-corrected chi connectivity index (χ1v) is 5.71. The van der Waals surface area contributed by atoms with Crippen molar-refractivity contribution in [2.45, 2.75) is 0 Å². The van der Waals surface area contributed by atoms with E-state index in [-0.39, 0.29) is 0 Å². The van der Waals surface area contributed by atoms with Crippen molar-refractivity contribution in [1.29, 1.82) is 0 Å². The van der Waals surface area contributed by atoms with Crippen LogP contribution in [0.4, 0.5) is 8.78 Å². The van der Waals surface area contributed by atoms with Crippen molar-refractivity contribution in [2.24, 2.45) is 0 Å². The highest BCUT2D eigenvalue weighted by Gasteiger charge is 2.02. The fourth-order valence-electron chi connectivity index (χ4n) is 1.74. The van der Waals surface area contributed by atoms with Gasteiger partial charge in [-0.25, -0.2) is 13.8 Å². The molecule has 0 aliphatic rings. The van der Waals surface area contributed by atoms with Gasteiger partial charge < -0.3 is 4.42 Å². The molecule has 3 aromatic rings. The third-order valence-electron chi connectivity index (χ3n) is 2.67. The molecule has 0 unspecified atom stereocenters. The highest BCUT2D eigenvalue weighted by Crippen LogP contribution is 2.17. The maximum absolute atomic E-state index is 13.0. The van der Waals surface area contributed by atoms with Crippen LogP contribution in [-0.4, -0.2) is 4.98 Å². The van der Waals surface area contributed by atoms with Crippen LogP contribution in [0.5, 0.6) is 0 Å². The number of nitrogens with zero attached hydrogens (tertiary/aromatic N) is 1. The second-order valence-electron chi connectivity index (χ2n) is 4.03. The van der Waals surface area contributed by atoms with Crippen LogP contribution < -0.4 is 0 Å². The molecule has 0 fully saturated rings.